The molecule has 8 nitrogen and oxygen atoms in total. The van der Waals surface area contributed by atoms with E-state index in [0.29, 0.717) is 31.7 Å². The third-order valence-electron chi connectivity index (χ3n) is 4.60. The van der Waals surface area contributed by atoms with E-state index in [9.17, 15) is 22.7 Å². The summed E-state index contributed by atoms with van der Waals surface area (Å²) < 4.78 is 35.7. The smallest absolute Gasteiger partial charge is 0.271 e. The van der Waals surface area contributed by atoms with Crippen molar-refractivity contribution >= 4 is 32.2 Å². The van der Waals surface area contributed by atoms with Crippen molar-refractivity contribution in [3.63, 3.8) is 0 Å². The Kier molecular flexibility index (Phi) is 5.31. The molecule has 0 spiro atoms. The van der Waals surface area contributed by atoms with Gasteiger partial charge in [-0.05, 0) is 18.9 Å². The second-order valence-corrected chi connectivity index (χ2v) is 9.31. The highest BCUT2D eigenvalue weighted by Crippen LogP contribution is 2.35. The maximum absolute atomic E-state index is 12.4. The minimum absolute atomic E-state index is 0.151. The first kappa shape index (κ1) is 18.8. The predicted octanol–water partition coefficient (Wildman–Crippen LogP) is 1.37. The number of anilines is 1. The molecule has 1 atom stereocenters. The Labute approximate surface area is 143 Å². The highest BCUT2D eigenvalue weighted by atomic mass is 32.2. The van der Waals surface area contributed by atoms with Crippen LogP contribution in [-0.2, 0) is 20.8 Å². The number of rotatable bonds is 5. The summed E-state index contributed by atoms with van der Waals surface area (Å²) in [5.41, 5.74) is -0.00244. The number of sulfonamides is 1. The van der Waals surface area contributed by atoms with Crippen LogP contribution in [0.25, 0.3) is 0 Å². The lowest BCUT2D eigenvalue weighted by atomic mass is 10.0. The van der Waals surface area contributed by atoms with Crippen LogP contribution in [0.4, 0.5) is 11.4 Å². The van der Waals surface area contributed by atoms with E-state index in [1.807, 2.05) is 13.8 Å². The zero-order chi connectivity index (χ0) is 18.1. The van der Waals surface area contributed by atoms with Crippen molar-refractivity contribution < 1.29 is 17.6 Å². The molecule has 0 radical (unpaired) electrons. The standard InChI is InChI=1S/C14H21N3O5S2/c1-3-14(4-2)10-16(7-8-23(14)20)12-9-11(17(18)19)5-6-13(12)24(15,21)22/h5-6,9H,3-4,7-8,10H2,1-2H3,(H2,15,21,22). The van der Waals surface area contributed by atoms with E-state index in [-0.39, 0.29) is 16.3 Å². The molecule has 0 amide bonds. The van der Waals surface area contributed by atoms with Gasteiger partial charge in [0, 0.05) is 41.8 Å². The molecule has 1 aromatic rings. The molecule has 1 aliphatic rings. The number of benzene rings is 1. The second-order valence-electron chi connectivity index (χ2n) is 5.82. The van der Waals surface area contributed by atoms with Crippen molar-refractivity contribution in [1.29, 1.82) is 0 Å². The SMILES string of the molecule is CCC1(CC)CN(c2cc([N+](=O)[O-])ccc2S(N)(=O)=O)CCS1=O. The van der Waals surface area contributed by atoms with E-state index in [2.05, 4.69) is 0 Å². The quantitative estimate of drug-likeness (QED) is 0.612. The van der Waals surface area contributed by atoms with E-state index in [1.165, 1.54) is 6.07 Å². The number of non-ortho nitro benzene ring substituents is 1. The molecule has 1 fully saturated rings. The number of primary sulfonamides is 1. The van der Waals surface area contributed by atoms with Gasteiger partial charge in [0.05, 0.1) is 15.4 Å². The molecule has 1 saturated heterocycles. The van der Waals surface area contributed by atoms with Crippen LogP contribution in [0, 0.1) is 10.1 Å². The molecular formula is C14H21N3O5S2. The van der Waals surface area contributed by atoms with E-state index in [4.69, 9.17) is 5.14 Å². The molecule has 1 unspecified atom stereocenters. The van der Waals surface area contributed by atoms with Crippen molar-refractivity contribution in [3.8, 4) is 0 Å². The highest BCUT2D eigenvalue weighted by Gasteiger charge is 2.40. The summed E-state index contributed by atoms with van der Waals surface area (Å²) in [7, 11) is -5.06. The van der Waals surface area contributed by atoms with Crippen LogP contribution in [-0.4, -0.2) is 41.1 Å². The van der Waals surface area contributed by atoms with Crippen LogP contribution in [0.15, 0.2) is 23.1 Å². The lowest BCUT2D eigenvalue weighted by Gasteiger charge is -2.42. The average molecular weight is 375 g/mol. The molecule has 1 heterocycles. The zero-order valence-corrected chi connectivity index (χ0v) is 15.2. The van der Waals surface area contributed by atoms with Gasteiger partial charge in [-0.2, -0.15) is 0 Å². The third kappa shape index (κ3) is 3.45. The van der Waals surface area contributed by atoms with Crippen LogP contribution < -0.4 is 10.0 Å². The second kappa shape index (κ2) is 6.77. The van der Waals surface area contributed by atoms with E-state index in [1.54, 1.807) is 4.90 Å². The molecule has 2 N–H and O–H groups in total. The van der Waals surface area contributed by atoms with Crippen LogP contribution in [0.1, 0.15) is 26.7 Å². The molecule has 0 saturated carbocycles. The van der Waals surface area contributed by atoms with Gasteiger partial charge >= 0.3 is 0 Å². The van der Waals surface area contributed by atoms with Gasteiger partial charge in [0.15, 0.2) is 0 Å². The van der Waals surface area contributed by atoms with Crippen LogP contribution in [0.5, 0.6) is 0 Å². The molecule has 0 aliphatic carbocycles. The summed E-state index contributed by atoms with van der Waals surface area (Å²) in [5, 5.41) is 16.3. The van der Waals surface area contributed by atoms with Gasteiger partial charge in [0.25, 0.3) is 5.69 Å². The van der Waals surface area contributed by atoms with Crippen LogP contribution in [0.3, 0.4) is 0 Å². The summed E-state index contributed by atoms with van der Waals surface area (Å²) >= 11 is 0. The normalized spacial score (nSPS) is 20.8. The Bertz CT molecular complexity index is 775. The van der Waals surface area contributed by atoms with Gasteiger partial charge < -0.3 is 4.90 Å². The Morgan fingerprint density at radius 2 is 2.00 bits per heavy atom. The third-order valence-corrected chi connectivity index (χ3v) is 7.78. The summed E-state index contributed by atoms with van der Waals surface area (Å²) in [5.74, 6) is 0.383. The van der Waals surface area contributed by atoms with Gasteiger partial charge in [-0.15, -0.1) is 0 Å². The Balaban J connectivity index is 2.55. The fourth-order valence-electron chi connectivity index (χ4n) is 3.02. The predicted molar refractivity (Wildman–Crippen MR) is 93.0 cm³/mol. The molecule has 0 bridgehead atoms. The van der Waals surface area contributed by atoms with E-state index >= 15 is 0 Å². The Morgan fingerprint density at radius 3 is 2.50 bits per heavy atom. The summed E-state index contributed by atoms with van der Waals surface area (Å²) in [6.07, 6.45) is 1.35. The van der Waals surface area contributed by atoms with Gasteiger partial charge in [-0.3, -0.25) is 14.3 Å². The van der Waals surface area contributed by atoms with E-state index < -0.39 is 30.5 Å². The first-order valence-electron chi connectivity index (χ1n) is 7.59. The maximum Gasteiger partial charge on any atom is 0.271 e. The Hall–Kier alpha value is -1.52. The average Bonchev–Trinajstić information content (AvgIpc) is 2.54. The minimum Gasteiger partial charge on any atom is -0.368 e. The fourth-order valence-corrected chi connectivity index (χ4v) is 5.52. The molecule has 10 heteroatoms. The number of hydrogen-bond acceptors (Lipinski definition) is 6. The molecule has 1 aromatic carbocycles. The highest BCUT2D eigenvalue weighted by molar-refractivity contribution is 7.89. The lowest BCUT2D eigenvalue weighted by Crippen LogP contribution is -2.53. The monoisotopic (exact) mass is 375 g/mol. The number of hydrogen-bond donors (Lipinski definition) is 1. The van der Waals surface area contributed by atoms with Crippen molar-refractivity contribution in [2.24, 2.45) is 5.14 Å². The van der Waals surface area contributed by atoms with Gasteiger partial charge in [-0.25, -0.2) is 13.6 Å². The van der Waals surface area contributed by atoms with Gasteiger partial charge in [0.1, 0.15) is 4.90 Å². The summed E-state index contributed by atoms with van der Waals surface area (Å²) in [6, 6.07) is 3.51. The first-order valence-corrected chi connectivity index (χ1v) is 10.5. The Morgan fingerprint density at radius 1 is 1.38 bits per heavy atom. The molecular weight excluding hydrogens is 354 g/mol. The summed E-state index contributed by atoms with van der Waals surface area (Å²) in [4.78, 5) is 12.1. The molecule has 0 aromatic heterocycles. The number of nitrogens with two attached hydrogens (primary N) is 1. The topological polar surface area (TPSA) is 124 Å². The van der Waals surface area contributed by atoms with Gasteiger partial charge in [-0.1, -0.05) is 13.8 Å². The molecule has 2 rings (SSSR count). The molecule has 24 heavy (non-hydrogen) atoms. The van der Waals surface area contributed by atoms with Crippen molar-refractivity contribution in [3.05, 3.63) is 28.3 Å². The summed E-state index contributed by atoms with van der Waals surface area (Å²) in [6.45, 7) is 4.62. The van der Waals surface area contributed by atoms with Crippen molar-refractivity contribution in [2.75, 3.05) is 23.7 Å². The van der Waals surface area contributed by atoms with Crippen LogP contribution in [0.2, 0.25) is 0 Å². The fraction of sp³-hybridized carbons (Fsp3) is 0.571. The number of nitro groups is 1. The van der Waals surface area contributed by atoms with Crippen molar-refractivity contribution in [1.82, 2.24) is 0 Å². The maximum atomic E-state index is 12.4. The largest absolute Gasteiger partial charge is 0.368 e. The minimum atomic E-state index is -4.03. The lowest BCUT2D eigenvalue weighted by molar-refractivity contribution is -0.384. The van der Waals surface area contributed by atoms with E-state index in [0.717, 1.165) is 12.1 Å². The number of nitrogens with zero attached hydrogens (tertiary/aromatic N) is 2. The first-order chi connectivity index (χ1) is 11.1. The zero-order valence-electron chi connectivity index (χ0n) is 13.6. The molecule has 134 valence electrons. The number of nitro benzene ring substituents is 1. The molecule has 1 aliphatic heterocycles. The van der Waals surface area contributed by atoms with Crippen LogP contribution >= 0.6 is 0 Å². The van der Waals surface area contributed by atoms with Gasteiger partial charge in [0.2, 0.25) is 10.0 Å². The van der Waals surface area contributed by atoms with Crippen molar-refractivity contribution in [2.45, 2.75) is 36.3 Å².